The third-order valence-corrected chi connectivity index (χ3v) is 1.46. The van der Waals surface area contributed by atoms with Crippen LogP contribution in [0, 0.1) is 0 Å². The molecule has 1 aromatic rings. The van der Waals surface area contributed by atoms with Crippen molar-refractivity contribution in [1.29, 1.82) is 0 Å². The smallest absolute Gasteiger partial charge is 0.0541 e. The fourth-order valence-electron chi connectivity index (χ4n) is 0.907. The Labute approximate surface area is 73.3 Å². The molecule has 0 fully saturated rings. The summed E-state index contributed by atoms with van der Waals surface area (Å²) in [5, 5.41) is 3.24. The Morgan fingerprint density at radius 2 is 2.42 bits per heavy atom. The van der Waals surface area contributed by atoms with E-state index in [9.17, 15) is 0 Å². The topological polar surface area (TPSA) is 24.9 Å². The van der Waals surface area contributed by atoms with Gasteiger partial charge in [0.2, 0.25) is 0 Å². The molecule has 0 aliphatic heterocycles. The number of aromatic nitrogens is 1. The zero-order valence-electron chi connectivity index (χ0n) is 7.38. The summed E-state index contributed by atoms with van der Waals surface area (Å²) in [5.41, 5.74) is 2.21. The van der Waals surface area contributed by atoms with Crippen molar-refractivity contribution in [2.45, 2.75) is 13.5 Å². The van der Waals surface area contributed by atoms with Crippen LogP contribution in [0.15, 0.2) is 36.5 Å². The monoisotopic (exact) mass is 162 g/mol. The van der Waals surface area contributed by atoms with Gasteiger partial charge >= 0.3 is 0 Å². The highest BCUT2D eigenvalue weighted by molar-refractivity contribution is 5.03. The third-order valence-electron chi connectivity index (χ3n) is 1.46. The minimum Gasteiger partial charge on any atom is -0.307 e. The van der Waals surface area contributed by atoms with E-state index in [0.717, 1.165) is 24.4 Å². The molecule has 1 N–H and O–H groups in total. The molecule has 0 saturated heterocycles. The van der Waals surface area contributed by atoms with Crippen LogP contribution in [0.4, 0.5) is 0 Å². The second-order valence-electron chi connectivity index (χ2n) is 2.88. The highest BCUT2D eigenvalue weighted by atomic mass is 14.9. The Morgan fingerprint density at radius 1 is 1.58 bits per heavy atom. The number of hydrogen-bond acceptors (Lipinski definition) is 2. The summed E-state index contributed by atoms with van der Waals surface area (Å²) in [6.07, 6.45) is 1.80. The van der Waals surface area contributed by atoms with Crippen molar-refractivity contribution in [3.05, 3.63) is 42.2 Å². The molecule has 1 aromatic heterocycles. The van der Waals surface area contributed by atoms with Gasteiger partial charge in [-0.05, 0) is 19.1 Å². The third kappa shape index (κ3) is 3.30. The van der Waals surface area contributed by atoms with E-state index in [0.29, 0.717) is 0 Å². The van der Waals surface area contributed by atoms with E-state index in [-0.39, 0.29) is 0 Å². The van der Waals surface area contributed by atoms with E-state index in [2.05, 4.69) is 16.9 Å². The molecular formula is C10H14N2. The molecule has 2 heteroatoms. The van der Waals surface area contributed by atoms with Gasteiger partial charge in [-0.25, -0.2) is 0 Å². The van der Waals surface area contributed by atoms with Crippen LogP contribution in [0.25, 0.3) is 0 Å². The summed E-state index contributed by atoms with van der Waals surface area (Å²) >= 11 is 0. The molecule has 0 radical (unpaired) electrons. The summed E-state index contributed by atoms with van der Waals surface area (Å²) in [7, 11) is 0. The van der Waals surface area contributed by atoms with Gasteiger partial charge in [0, 0.05) is 19.3 Å². The van der Waals surface area contributed by atoms with E-state index in [1.54, 1.807) is 6.20 Å². The summed E-state index contributed by atoms with van der Waals surface area (Å²) < 4.78 is 0. The quantitative estimate of drug-likeness (QED) is 0.682. The molecule has 0 amide bonds. The lowest BCUT2D eigenvalue weighted by Crippen LogP contribution is -2.15. The van der Waals surface area contributed by atoms with E-state index in [4.69, 9.17) is 0 Å². The van der Waals surface area contributed by atoms with Crippen LogP contribution in [0.2, 0.25) is 0 Å². The van der Waals surface area contributed by atoms with Crippen molar-refractivity contribution in [1.82, 2.24) is 10.3 Å². The second kappa shape index (κ2) is 4.67. The van der Waals surface area contributed by atoms with E-state index in [1.165, 1.54) is 0 Å². The van der Waals surface area contributed by atoms with Crippen LogP contribution in [-0.4, -0.2) is 11.5 Å². The second-order valence-corrected chi connectivity index (χ2v) is 2.88. The lowest BCUT2D eigenvalue weighted by Gasteiger charge is -2.02. The zero-order valence-corrected chi connectivity index (χ0v) is 7.38. The molecule has 64 valence electrons. The molecule has 0 saturated carbocycles. The van der Waals surface area contributed by atoms with E-state index < -0.39 is 0 Å². The first kappa shape index (κ1) is 8.94. The summed E-state index contributed by atoms with van der Waals surface area (Å²) in [6, 6.07) is 5.92. The van der Waals surface area contributed by atoms with Crippen LogP contribution in [-0.2, 0) is 6.54 Å². The SMILES string of the molecule is C=C(C)CNCc1ccccn1. The lowest BCUT2D eigenvalue weighted by molar-refractivity contribution is 0.724. The first-order chi connectivity index (χ1) is 5.79. The Balaban J connectivity index is 2.29. The van der Waals surface area contributed by atoms with Crippen LogP contribution in [0.3, 0.4) is 0 Å². The van der Waals surface area contributed by atoms with Gasteiger partial charge in [0.1, 0.15) is 0 Å². The highest BCUT2D eigenvalue weighted by Crippen LogP contribution is 1.92. The Morgan fingerprint density at radius 3 is 3.00 bits per heavy atom. The average Bonchev–Trinajstić information content (AvgIpc) is 2.05. The molecule has 12 heavy (non-hydrogen) atoms. The number of pyridine rings is 1. The first-order valence-corrected chi connectivity index (χ1v) is 4.04. The number of nitrogens with zero attached hydrogens (tertiary/aromatic N) is 1. The Hall–Kier alpha value is -1.15. The van der Waals surface area contributed by atoms with E-state index >= 15 is 0 Å². The first-order valence-electron chi connectivity index (χ1n) is 4.04. The van der Waals surface area contributed by atoms with E-state index in [1.807, 2.05) is 25.1 Å². The van der Waals surface area contributed by atoms with Crippen molar-refractivity contribution >= 4 is 0 Å². The van der Waals surface area contributed by atoms with Gasteiger partial charge in [-0.2, -0.15) is 0 Å². The van der Waals surface area contributed by atoms with Crippen LogP contribution in [0.5, 0.6) is 0 Å². The van der Waals surface area contributed by atoms with Gasteiger partial charge in [0.25, 0.3) is 0 Å². The maximum absolute atomic E-state index is 4.18. The fourth-order valence-corrected chi connectivity index (χ4v) is 0.907. The van der Waals surface area contributed by atoms with Crippen molar-refractivity contribution in [2.75, 3.05) is 6.54 Å². The zero-order chi connectivity index (χ0) is 8.81. The molecule has 0 aromatic carbocycles. The number of rotatable bonds is 4. The molecule has 1 rings (SSSR count). The molecule has 0 bridgehead atoms. The molecule has 0 spiro atoms. The lowest BCUT2D eigenvalue weighted by atomic mass is 10.3. The molecule has 2 nitrogen and oxygen atoms in total. The van der Waals surface area contributed by atoms with Gasteiger partial charge in [0.15, 0.2) is 0 Å². The van der Waals surface area contributed by atoms with Crippen molar-refractivity contribution in [3.8, 4) is 0 Å². The predicted molar refractivity (Wildman–Crippen MR) is 50.8 cm³/mol. The van der Waals surface area contributed by atoms with Gasteiger partial charge in [-0.1, -0.05) is 18.2 Å². The van der Waals surface area contributed by atoms with Crippen LogP contribution in [0.1, 0.15) is 12.6 Å². The predicted octanol–water partition coefficient (Wildman–Crippen LogP) is 1.75. The van der Waals surface area contributed by atoms with Gasteiger partial charge < -0.3 is 5.32 Å². The normalized spacial score (nSPS) is 9.75. The fraction of sp³-hybridized carbons (Fsp3) is 0.300. The summed E-state index contributed by atoms with van der Waals surface area (Å²) in [6.45, 7) is 7.48. The summed E-state index contributed by atoms with van der Waals surface area (Å²) in [4.78, 5) is 4.18. The standard InChI is InChI=1S/C10H14N2/c1-9(2)7-11-8-10-5-3-4-6-12-10/h3-6,11H,1,7-8H2,2H3. The van der Waals surface area contributed by atoms with Gasteiger partial charge in [0.05, 0.1) is 5.69 Å². The Kier molecular flexibility index (Phi) is 3.48. The average molecular weight is 162 g/mol. The van der Waals surface area contributed by atoms with Crippen LogP contribution < -0.4 is 5.32 Å². The molecular weight excluding hydrogens is 148 g/mol. The minimum absolute atomic E-state index is 0.813. The minimum atomic E-state index is 0.813. The largest absolute Gasteiger partial charge is 0.307 e. The molecule has 1 heterocycles. The van der Waals surface area contributed by atoms with Crippen molar-refractivity contribution in [2.24, 2.45) is 0 Å². The molecule has 0 atom stereocenters. The Bertz CT molecular complexity index is 241. The number of nitrogens with one attached hydrogen (secondary N) is 1. The van der Waals surface area contributed by atoms with Crippen molar-refractivity contribution in [3.63, 3.8) is 0 Å². The molecule has 0 unspecified atom stereocenters. The summed E-state index contributed by atoms with van der Waals surface area (Å²) in [5.74, 6) is 0. The van der Waals surface area contributed by atoms with Gasteiger partial charge in [-0.15, -0.1) is 0 Å². The number of hydrogen-bond donors (Lipinski definition) is 1. The highest BCUT2D eigenvalue weighted by Gasteiger charge is 1.90. The van der Waals surface area contributed by atoms with Gasteiger partial charge in [-0.3, -0.25) is 4.98 Å². The van der Waals surface area contributed by atoms with Crippen molar-refractivity contribution < 1.29 is 0 Å². The molecule has 0 aliphatic rings. The maximum Gasteiger partial charge on any atom is 0.0541 e. The molecule has 0 aliphatic carbocycles. The maximum atomic E-state index is 4.18. The van der Waals surface area contributed by atoms with Crippen LogP contribution >= 0.6 is 0 Å².